The number of aryl methyl sites for hydroxylation is 1. The molecule has 0 aliphatic carbocycles. The second kappa shape index (κ2) is 5.34. The van der Waals surface area contributed by atoms with E-state index in [1.165, 1.54) is 30.4 Å². The van der Waals surface area contributed by atoms with Gasteiger partial charge in [-0.15, -0.1) is 0 Å². The van der Waals surface area contributed by atoms with Crippen molar-refractivity contribution in [3.05, 3.63) is 48.0 Å². The van der Waals surface area contributed by atoms with Crippen LogP contribution >= 0.6 is 0 Å². The second-order valence-electron chi connectivity index (χ2n) is 3.94. The molecule has 6 heteroatoms. The molecular weight excluding hydrogens is 246 g/mol. The van der Waals surface area contributed by atoms with E-state index in [4.69, 9.17) is 4.74 Å². The summed E-state index contributed by atoms with van der Waals surface area (Å²) < 4.78 is 5.97. The van der Waals surface area contributed by atoms with Gasteiger partial charge in [-0.2, -0.15) is 0 Å². The van der Waals surface area contributed by atoms with Crippen molar-refractivity contribution in [2.24, 2.45) is 0 Å². The smallest absolute Gasteiger partial charge is 0.339 e. The predicted molar refractivity (Wildman–Crippen MR) is 69.2 cm³/mol. The maximum Gasteiger partial charge on any atom is 0.339 e. The number of amides is 1. The number of hydrogen-bond acceptors (Lipinski definition) is 4. The van der Waals surface area contributed by atoms with Gasteiger partial charge in [0.1, 0.15) is 6.33 Å². The largest absolute Gasteiger partial charge is 0.465 e. The van der Waals surface area contributed by atoms with Gasteiger partial charge < -0.3 is 10.1 Å². The molecule has 1 heterocycles. The zero-order chi connectivity index (χ0) is 13.8. The van der Waals surface area contributed by atoms with Gasteiger partial charge in [-0.25, -0.2) is 14.6 Å². The Hall–Kier alpha value is -2.63. The van der Waals surface area contributed by atoms with Gasteiger partial charge in [0.05, 0.1) is 18.4 Å². The van der Waals surface area contributed by atoms with Crippen LogP contribution in [0.2, 0.25) is 0 Å². The Bertz CT molecular complexity index is 606. The molecule has 0 radical (unpaired) electrons. The lowest BCUT2D eigenvalue weighted by Gasteiger charge is -2.10. The van der Waals surface area contributed by atoms with Crippen molar-refractivity contribution in [2.75, 3.05) is 12.4 Å². The monoisotopic (exact) mass is 259 g/mol. The zero-order valence-corrected chi connectivity index (χ0v) is 10.6. The third kappa shape index (κ3) is 2.79. The SMILES string of the molecule is COC(=O)c1cc(C)ccc1NC(=O)n1ccnc1. The summed E-state index contributed by atoms with van der Waals surface area (Å²) in [5.41, 5.74) is 1.62. The van der Waals surface area contributed by atoms with E-state index in [0.29, 0.717) is 11.3 Å². The first-order chi connectivity index (χ1) is 9.11. The van der Waals surface area contributed by atoms with Crippen molar-refractivity contribution >= 4 is 17.7 Å². The van der Waals surface area contributed by atoms with Crippen LogP contribution in [0.3, 0.4) is 0 Å². The average molecular weight is 259 g/mol. The van der Waals surface area contributed by atoms with Crippen LogP contribution in [0.4, 0.5) is 10.5 Å². The van der Waals surface area contributed by atoms with Crippen LogP contribution in [0.1, 0.15) is 15.9 Å². The number of hydrogen-bond donors (Lipinski definition) is 1. The Morgan fingerprint density at radius 1 is 1.37 bits per heavy atom. The minimum Gasteiger partial charge on any atom is -0.465 e. The van der Waals surface area contributed by atoms with Gasteiger partial charge in [0.25, 0.3) is 0 Å². The van der Waals surface area contributed by atoms with E-state index in [1.54, 1.807) is 18.2 Å². The van der Waals surface area contributed by atoms with Crippen LogP contribution in [0.5, 0.6) is 0 Å². The lowest BCUT2D eigenvalue weighted by molar-refractivity contribution is 0.0602. The van der Waals surface area contributed by atoms with Crippen LogP contribution in [0.25, 0.3) is 0 Å². The van der Waals surface area contributed by atoms with Gasteiger partial charge in [-0.1, -0.05) is 11.6 Å². The first kappa shape index (κ1) is 12.8. The number of nitrogens with zero attached hydrogens (tertiary/aromatic N) is 2. The Kier molecular flexibility index (Phi) is 3.61. The number of ether oxygens (including phenoxy) is 1. The molecule has 6 nitrogen and oxygen atoms in total. The number of aromatic nitrogens is 2. The summed E-state index contributed by atoms with van der Waals surface area (Å²) in [6, 6.07) is 4.73. The minimum atomic E-state index is -0.496. The van der Waals surface area contributed by atoms with E-state index >= 15 is 0 Å². The summed E-state index contributed by atoms with van der Waals surface area (Å²) >= 11 is 0. The third-order valence-corrected chi connectivity index (χ3v) is 2.56. The van der Waals surface area contributed by atoms with Crippen molar-refractivity contribution in [1.82, 2.24) is 9.55 Å². The molecule has 1 amide bonds. The molecule has 19 heavy (non-hydrogen) atoms. The van der Waals surface area contributed by atoms with Gasteiger partial charge in [-0.05, 0) is 19.1 Å². The minimum absolute atomic E-state index is 0.316. The maximum atomic E-state index is 11.9. The number of benzene rings is 1. The molecule has 0 saturated heterocycles. The summed E-state index contributed by atoms with van der Waals surface area (Å²) in [4.78, 5) is 27.3. The van der Waals surface area contributed by atoms with E-state index in [-0.39, 0.29) is 0 Å². The molecule has 0 spiro atoms. The molecule has 1 N–H and O–H groups in total. The molecule has 2 aromatic rings. The number of esters is 1. The van der Waals surface area contributed by atoms with Crippen molar-refractivity contribution in [1.29, 1.82) is 0 Å². The quantitative estimate of drug-likeness (QED) is 0.838. The molecule has 0 unspecified atom stereocenters. The number of nitrogens with one attached hydrogen (secondary N) is 1. The molecule has 0 atom stereocenters. The maximum absolute atomic E-state index is 11.9. The highest BCUT2D eigenvalue weighted by molar-refractivity contribution is 6.01. The van der Waals surface area contributed by atoms with Gasteiger partial charge in [-0.3, -0.25) is 4.57 Å². The van der Waals surface area contributed by atoms with Crippen LogP contribution in [0, 0.1) is 6.92 Å². The fourth-order valence-corrected chi connectivity index (χ4v) is 1.60. The van der Waals surface area contributed by atoms with Crippen molar-refractivity contribution < 1.29 is 14.3 Å². The zero-order valence-electron chi connectivity index (χ0n) is 10.6. The number of carbonyl (C=O) groups excluding carboxylic acids is 2. The topological polar surface area (TPSA) is 73.2 Å². The molecular formula is C13H13N3O3. The van der Waals surface area contributed by atoms with E-state index in [9.17, 15) is 9.59 Å². The van der Waals surface area contributed by atoms with Crippen LogP contribution in [-0.2, 0) is 4.74 Å². The van der Waals surface area contributed by atoms with Gasteiger partial charge in [0.2, 0.25) is 0 Å². The molecule has 0 bridgehead atoms. The summed E-state index contributed by atoms with van der Waals surface area (Å²) in [6.07, 6.45) is 4.39. The van der Waals surface area contributed by atoms with Crippen molar-refractivity contribution in [3.63, 3.8) is 0 Å². The summed E-state index contributed by atoms with van der Waals surface area (Å²) in [5, 5.41) is 2.64. The fourth-order valence-electron chi connectivity index (χ4n) is 1.60. The third-order valence-electron chi connectivity index (χ3n) is 2.56. The standard InChI is InChI=1S/C13H13N3O3/c1-9-3-4-11(10(7-9)12(17)19-2)15-13(18)16-6-5-14-8-16/h3-8H,1-2H3,(H,15,18). The first-order valence-corrected chi connectivity index (χ1v) is 5.60. The van der Waals surface area contributed by atoms with Crippen molar-refractivity contribution in [2.45, 2.75) is 6.92 Å². The summed E-state index contributed by atoms with van der Waals surface area (Å²) in [5.74, 6) is -0.496. The normalized spacial score (nSPS) is 10.0. The van der Waals surface area contributed by atoms with Crippen LogP contribution in [0.15, 0.2) is 36.9 Å². The van der Waals surface area contributed by atoms with E-state index in [0.717, 1.165) is 5.56 Å². The number of carbonyl (C=O) groups is 2. The first-order valence-electron chi connectivity index (χ1n) is 5.60. The lowest BCUT2D eigenvalue weighted by atomic mass is 10.1. The summed E-state index contributed by atoms with van der Waals surface area (Å²) in [6.45, 7) is 1.86. The Balaban J connectivity index is 2.29. The average Bonchev–Trinajstić information content (AvgIpc) is 2.94. The van der Waals surface area contributed by atoms with Gasteiger partial charge >= 0.3 is 12.0 Å². The molecule has 0 aliphatic heterocycles. The highest BCUT2D eigenvalue weighted by Gasteiger charge is 2.14. The molecule has 1 aromatic heterocycles. The van der Waals surface area contributed by atoms with Gasteiger partial charge in [0.15, 0.2) is 0 Å². The van der Waals surface area contributed by atoms with Crippen molar-refractivity contribution in [3.8, 4) is 0 Å². The Morgan fingerprint density at radius 2 is 2.16 bits per heavy atom. The highest BCUT2D eigenvalue weighted by atomic mass is 16.5. The number of anilines is 1. The molecule has 2 rings (SSSR count). The molecule has 1 aromatic carbocycles. The Morgan fingerprint density at radius 3 is 2.79 bits per heavy atom. The molecule has 0 aliphatic rings. The van der Waals surface area contributed by atoms with Crippen LogP contribution in [-0.4, -0.2) is 28.7 Å². The number of methoxy groups -OCH3 is 1. The van der Waals surface area contributed by atoms with E-state index < -0.39 is 12.0 Å². The van der Waals surface area contributed by atoms with E-state index in [2.05, 4.69) is 10.3 Å². The lowest BCUT2D eigenvalue weighted by Crippen LogP contribution is -2.20. The summed E-state index contributed by atoms with van der Waals surface area (Å²) in [7, 11) is 1.30. The second-order valence-corrected chi connectivity index (χ2v) is 3.94. The molecule has 0 fully saturated rings. The van der Waals surface area contributed by atoms with Gasteiger partial charge in [0, 0.05) is 12.4 Å². The fraction of sp³-hybridized carbons (Fsp3) is 0.154. The molecule has 0 saturated carbocycles. The Labute approximate surface area is 110 Å². The number of rotatable bonds is 2. The number of imidazole rings is 1. The predicted octanol–water partition coefficient (Wildman–Crippen LogP) is 2.06. The van der Waals surface area contributed by atoms with Crippen LogP contribution < -0.4 is 5.32 Å². The molecule has 98 valence electrons. The van der Waals surface area contributed by atoms with E-state index in [1.807, 2.05) is 6.92 Å². The highest BCUT2D eigenvalue weighted by Crippen LogP contribution is 2.18.